The van der Waals surface area contributed by atoms with Crippen molar-refractivity contribution in [3.05, 3.63) is 66.0 Å². The molecule has 0 aliphatic rings. The number of phenolic OH excluding ortho intramolecular Hbond substituents is 1. The molecular formula is C15H12FNO2. The quantitative estimate of drug-likeness (QED) is 0.655. The van der Waals surface area contributed by atoms with E-state index in [-0.39, 0.29) is 17.5 Å². The molecule has 4 heteroatoms. The van der Waals surface area contributed by atoms with Gasteiger partial charge < -0.3 is 10.4 Å². The van der Waals surface area contributed by atoms with Crippen molar-refractivity contribution in [2.24, 2.45) is 0 Å². The zero-order valence-electron chi connectivity index (χ0n) is 10.0. The molecule has 0 aliphatic carbocycles. The normalized spacial score (nSPS) is 10.6. The van der Waals surface area contributed by atoms with Crippen LogP contribution in [0.2, 0.25) is 0 Å². The van der Waals surface area contributed by atoms with Crippen molar-refractivity contribution in [3.8, 4) is 5.75 Å². The van der Waals surface area contributed by atoms with Gasteiger partial charge in [0.25, 0.3) is 0 Å². The van der Waals surface area contributed by atoms with Gasteiger partial charge in [0.15, 0.2) is 0 Å². The molecule has 0 spiro atoms. The molecule has 2 aromatic rings. The summed E-state index contributed by atoms with van der Waals surface area (Å²) in [6, 6.07) is 12.1. The minimum atomic E-state index is -0.346. The van der Waals surface area contributed by atoms with Gasteiger partial charge in [-0.05, 0) is 48.0 Å². The van der Waals surface area contributed by atoms with Crippen LogP contribution in [0.4, 0.5) is 10.1 Å². The molecule has 0 bridgehead atoms. The second kappa shape index (κ2) is 5.82. The van der Waals surface area contributed by atoms with Gasteiger partial charge in [0.05, 0.1) is 0 Å². The third-order valence-electron chi connectivity index (χ3n) is 2.41. The van der Waals surface area contributed by atoms with E-state index in [0.29, 0.717) is 11.3 Å². The van der Waals surface area contributed by atoms with Gasteiger partial charge in [-0.1, -0.05) is 12.1 Å². The summed E-state index contributed by atoms with van der Waals surface area (Å²) in [6.45, 7) is 0. The summed E-state index contributed by atoms with van der Waals surface area (Å²) in [6.07, 6.45) is 2.85. The number of rotatable bonds is 3. The molecule has 2 N–H and O–H groups in total. The number of carbonyl (C=O) groups is 1. The van der Waals surface area contributed by atoms with Crippen molar-refractivity contribution in [3.63, 3.8) is 0 Å². The van der Waals surface area contributed by atoms with Gasteiger partial charge >= 0.3 is 0 Å². The molecule has 0 saturated heterocycles. The number of hydrogen-bond acceptors (Lipinski definition) is 2. The highest BCUT2D eigenvalue weighted by Gasteiger charge is 1.98. The summed E-state index contributed by atoms with van der Waals surface area (Å²) in [7, 11) is 0. The van der Waals surface area contributed by atoms with Gasteiger partial charge in [0.1, 0.15) is 11.6 Å². The summed E-state index contributed by atoms with van der Waals surface area (Å²) in [5.41, 5.74) is 1.19. The number of amides is 1. The number of aromatic hydroxyl groups is 1. The van der Waals surface area contributed by atoms with Crippen LogP contribution in [0.15, 0.2) is 54.6 Å². The Morgan fingerprint density at radius 3 is 2.58 bits per heavy atom. The van der Waals surface area contributed by atoms with Crippen LogP contribution >= 0.6 is 0 Å². The molecule has 0 unspecified atom stereocenters. The SMILES string of the molecule is O=C(C=Cc1cccc(F)c1)Nc1ccc(O)cc1. The average molecular weight is 257 g/mol. The monoisotopic (exact) mass is 257 g/mol. The highest BCUT2D eigenvalue weighted by atomic mass is 19.1. The van der Waals surface area contributed by atoms with Crippen molar-refractivity contribution in [2.45, 2.75) is 0 Å². The predicted octanol–water partition coefficient (Wildman–Crippen LogP) is 3.18. The van der Waals surface area contributed by atoms with E-state index >= 15 is 0 Å². The molecule has 0 aliphatic heterocycles. The summed E-state index contributed by atoms with van der Waals surface area (Å²) in [5.74, 6) is -0.538. The van der Waals surface area contributed by atoms with Crippen LogP contribution in [0, 0.1) is 5.82 Å². The number of nitrogens with one attached hydrogen (secondary N) is 1. The second-order valence-corrected chi connectivity index (χ2v) is 3.92. The van der Waals surface area contributed by atoms with Gasteiger partial charge in [-0.3, -0.25) is 4.79 Å². The average Bonchev–Trinajstić information content (AvgIpc) is 2.39. The second-order valence-electron chi connectivity index (χ2n) is 3.92. The van der Waals surface area contributed by atoms with E-state index in [9.17, 15) is 9.18 Å². The van der Waals surface area contributed by atoms with E-state index in [0.717, 1.165) is 0 Å². The first-order valence-corrected chi connectivity index (χ1v) is 5.67. The number of phenols is 1. The van der Waals surface area contributed by atoms with Gasteiger partial charge in [0, 0.05) is 11.8 Å². The van der Waals surface area contributed by atoms with Crippen LogP contribution in [-0.4, -0.2) is 11.0 Å². The molecule has 0 fully saturated rings. The fourth-order valence-electron chi connectivity index (χ4n) is 1.51. The number of halogens is 1. The maximum Gasteiger partial charge on any atom is 0.248 e. The Hall–Kier alpha value is -2.62. The van der Waals surface area contributed by atoms with E-state index in [2.05, 4.69) is 5.32 Å². The van der Waals surface area contributed by atoms with Crippen LogP contribution in [0.1, 0.15) is 5.56 Å². The molecule has 96 valence electrons. The fourth-order valence-corrected chi connectivity index (χ4v) is 1.51. The highest BCUT2D eigenvalue weighted by molar-refractivity contribution is 6.01. The lowest BCUT2D eigenvalue weighted by Gasteiger charge is -2.01. The maximum atomic E-state index is 12.9. The Kier molecular flexibility index (Phi) is 3.93. The molecular weight excluding hydrogens is 245 g/mol. The summed E-state index contributed by atoms with van der Waals surface area (Å²) in [5, 5.41) is 11.7. The Balaban J connectivity index is 1.99. The molecule has 0 aromatic heterocycles. The number of benzene rings is 2. The molecule has 19 heavy (non-hydrogen) atoms. The highest BCUT2D eigenvalue weighted by Crippen LogP contribution is 2.13. The molecule has 3 nitrogen and oxygen atoms in total. The topological polar surface area (TPSA) is 49.3 Å². The van der Waals surface area contributed by atoms with E-state index in [1.165, 1.54) is 36.4 Å². The Morgan fingerprint density at radius 2 is 1.89 bits per heavy atom. The lowest BCUT2D eigenvalue weighted by Crippen LogP contribution is -2.07. The van der Waals surface area contributed by atoms with Crippen molar-refractivity contribution in [1.82, 2.24) is 0 Å². The standard InChI is InChI=1S/C15H12FNO2/c16-12-3-1-2-11(10-12)4-9-15(19)17-13-5-7-14(18)8-6-13/h1-10,18H,(H,17,19). The predicted molar refractivity (Wildman–Crippen MR) is 72.2 cm³/mol. The number of anilines is 1. The molecule has 0 radical (unpaired) electrons. The zero-order valence-corrected chi connectivity index (χ0v) is 10.0. The minimum Gasteiger partial charge on any atom is -0.508 e. The molecule has 2 rings (SSSR count). The van der Waals surface area contributed by atoms with Crippen LogP contribution in [0.25, 0.3) is 6.08 Å². The van der Waals surface area contributed by atoms with E-state index in [4.69, 9.17) is 5.11 Å². The van der Waals surface area contributed by atoms with Gasteiger partial charge in [-0.2, -0.15) is 0 Å². The Bertz CT molecular complexity index is 606. The summed E-state index contributed by atoms with van der Waals surface area (Å²) < 4.78 is 12.9. The summed E-state index contributed by atoms with van der Waals surface area (Å²) in [4.78, 5) is 11.6. The largest absolute Gasteiger partial charge is 0.508 e. The lowest BCUT2D eigenvalue weighted by molar-refractivity contribution is -0.111. The first kappa shape index (κ1) is 12.8. The zero-order chi connectivity index (χ0) is 13.7. The molecule has 2 aromatic carbocycles. The van der Waals surface area contributed by atoms with Crippen LogP contribution in [0.3, 0.4) is 0 Å². The summed E-state index contributed by atoms with van der Waals surface area (Å²) >= 11 is 0. The molecule has 1 amide bonds. The van der Waals surface area contributed by atoms with Crippen molar-refractivity contribution in [2.75, 3.05) is 5.32 Å². The first-order chi connectivity index (χ1) is 9.13. The van der Waals surface area contributed by atoms with Gasteiger partial charge in [-0.25, -0.2) is 4.39 Å². The van der Waals surface area contributed by atoms with Crippen LogP contribution in [-0.2, 0) is 4.79 Å². The van der Waals surface area contributed by atoms with E-state index in [1.807, 2.05) is 0 Å². The van der Waals surface area contributed by atoms with Crippen molar-refractivity contribution in [1.29, 1.82) is 0 Å². The van der Waals surface area contributed by atoms with E-state index < -0.39 is 0 Å². The van der Waals surface area contributed by atoms with Gasteiger partial charge in [0.2, 0.25) is 5.91 Å². The molecule has 0 saturated carbocycles. The van der Waals surface area contributed by atoms with Crippen molar-refractivity contribution < 1.29 is 14.3 Å². The van der Waals surface area contributed by atoms with E-state index in [1.54, 1.807) is 24.3 Å². The molecule has 0 atom stereocenters. The lowest BCUT2D eigenvalue weighted by atomic mass is 10.2. The fraction of sp³-hybridized carbons (Fsp3) is 0. The minimum absolute atomic E-state index is 0.133. The third-order valence-corrected chi connectivity index (χ3v) is 2.41. The molecule has 0 heterocycles. The Labute approximate surface area is 110 Å². The van der Waals surface area contributed by atoms with Crippen molar-refractivity contribution >= 4 is 17.7 Å². The third kappa shape index (κ3) is 3.96. The smallest absolute Gasteiger partial charge is 0.248 e. The maximum absolute atomic E-state index is 12.9. The number of hydrogen-bond donors (Lipinski definition) is 2. The van der Waals surface area contributed by atoms with Crippen LogP contribution < -0.4 is 5.32 Å². The first-order valence-electron chi connectivity index (χ1n) is 5.67. The van der Waals surface area contributed by atoms with Gasteiger partial charge in [-0.15, -0.1) is 0 Å². The Morgan fingerprint density at radius 1 is 1.16 bits per heavy atom. The van der Waals surface area contributed by atoms with Crippen LogP contribution in [0.5, 0.6) is 5.75 Å². The number of carbonyl (C=O) groups excluding carboxylic acids is 1.